The minimum atomic E-state index is -0.197. The first-order chi connectivity index (χ1) is 16.2. The van der Waals surface area contributed by atoms with Crippen LogP contribution in [0.15, 0.2) is 36.5 Å². The van der Waals surface area contributed by atoms with Crippen molar-refractivity contribution in [2.75, 3.05) is 25.6 Å². The zero-order valence-electron chi connectivity index (χ0n) is 18.8. The third kappa shape index (κ3) is 4.89. The van der Waals surface area contributed by atoms with E-state index in [-0.39, 0.29) is 36.4 Å². The van der Waals surface area contributed by atoms with Gasteiger partial charge in [-0.25, -0.2) is 14.8 Å². The van der Waals surface area contributed by atoms with E-state index in [1.54, 1.807) is 13.3 Å². The van der Waals surface area contributed by atoms with Gasteiger partial charge in [-0.2, -0.15) is 0 Å². The Hall–Kier alpha value is -2.91. The van der Waals surface area contributed by atoms with E-state index in [1.807, 2.05) is 30.3 Å². The number of nitrogens with zero attached hydrogens (tertiary/aromatic N) is 2. The maximum atomic E-state index is 12.5. The van der Waals surface area contributed by atoms with Gasteiger partial charge in [0.2, 0.25) is 5.95 Å². The fourth-order valence-electron chi connectivity index (χ4n) is 4.99. The van der Waals surface area contributed by atoms with E-state index < -0.39 is 0 Å². The summed E-state index contributed by atoms with van der Waals surface area (Å²) >= 11 is 0. The van der Waals surface area contributed by atoms with E-state index >= 15 is 0 Å². The molecule has 1 aliphatic carbocycles. The number of methoxy groups -OCH3 is 1. The molecule has 3 heterocycles. The number of urea groups is 1. The molecule has 2 aromatic rings. The second kappa shape index (κ2) is 9.93. The molecule has 176 valence electrons. The highest BCUT2D eigenvalue weighted by molar-refractivity contribution is 5.74. The highest BCUT2D eigenvalue weighted by Gasteiger charge is 2.48. The molecule has 1 saturated carbocycles. The number of benzene rings is 1. The van der Waals surface area contributed by atoms with E-state index in [0.29, 0.717) is 19.2 Å². The SMILES string of the molecule is COc1ccccc1-c1ccnc(NC2COC3C(NC(=O)NC4CCCCC4)COC23)n1. The Balaban J connectivity index is 1.19. The molecule has 9 nitrogen and oxygen atoms in total. The average Bonchev–Trinajstić information content (AvgIpc) is 3.43. The van der Waals surface area contributed by atoms with Crippen LogP contribution in [0.1, 0.15) is 32.1 Å². The van der Waals surface area contributed by atoms with Gasteiger partial charge in [-0.3, -0.25) is 0 Å². The Morgan fingerprint density at radius 1 is 1.00 bits per heavy atom. The van der Waals surface area contributed by atoms with Gasteiger partial charge < -0.3 is 30.2 Å². The molecule has 0 bridgehead atoms. The van der Waals surface area contributed by atoms with Crippen molar-refractivity contribution in [1.29, 1.82) is 0 Å². The van der Waals surface area contributed by atoms with Crippen molar-refractivity contribution < 1.29 is 19.0 Å². The Labute approximate surface area is 193 Å². The number of rotatable bonds is 6. The molecular weight excluding hydrogens is 422 g/mol. The predicted molar refractivity (Wildman–Crippen MR) is 123 cm³/mol. The molecule has 33 heavy (non-hydrogen) atoms. The van der Waals surface area contributed by atoms with Gasteiger partial charge in [0.05, 0.1) is 38.1 Å². The lowest BCUT2D eigenvalue weighted by Crippen LogP contribution is -2.51. The maximum Gasteiger partial charge on any atom is 0.315 e. The number of fused-ring (bicyclic) bond motifs is 1. The van der Waals surface area contributed by atoms with Gasteiger partial charge in [0.1, 0.15) is 18.0 Å². The van der Waals surface area contributed by atoms with E-state index in [9.17, 15) is 4.79 Å². The fourth-order valence-corrected chi connectivity index (χ4v) is 4.99. The summed E-state index contributed by atoms with van der Waals surface area (Å²) in [5.41, 5.74) is 1.67. The molecule has 4 atom stereocenters. The second-order valence-electron chi connectivity index (χ2n) is 8.87. The molecule has 4 unspecified atom stereocenters. The van der Waals surface area contributed by atoms with Gasteiger partial charge in [0.15, 0.2) is 0 Å². The first-order valence-electron chi connectivity index (χ1n) is 11.7. The summed E-state index contributed by atoms with van der Waals surface area (Å²) in [4.78, 5) is 21.5. The average molecular weight is 454 g/mol. The standard InChI is InChI=1S/C24H31N5O4/c1-31-20-10-6-5-9-16(20)17-11-12-25-23(27-17)28-18-13-32-22-19(14-33-21(18)22)29-24(30)26-15-7-3-2-4-8-15/h5-6,9-12,15,18-19,21-22H,2-4,7-8,13-14H2,1H3,(H,25,27,28)(H2,26,29,30). The number of carbonyl (C=O) groups excluding carboxylic acids is 1. The van der Waals surface area contributed by atoms with Crippen LogP contribution in [0.3, 0.4) is 0 Å². The highest BCUT2D eigenvalue weighted by atomic mass is 16.6. The molecule has 9 heteroatoms. The van der Waals surface area contributed by atoms with E-state index in [1.165, 1.54) is 19.3 Å². The lowest BCUT2D eigenvalue weighted by Gasteiger charge is -2.24. The molecule has 3 aliphatic rings. The zero-order chi connectivity index (χ0) is 22.6. The second-order valence-corrected chi connectivity index (χ2v) is 8.87. The van der Waals surface area contributed by atoms with Gasteiger partial charge in [0.25, 0.3) is 0 Å². The van der Waals surface area contributed by atoms with Crippen LogP contribution >= 0.6 is 0 Å². The molecule has 3 fully saturated rings. The fraction of sp³-hybridized carbons (Fsp3) is 0.542. The van der Waals surface area contributed by atoms with Crippen LogP contribution in [0.4, 0.5) is 10.7 Å². The number of carbonyl (C=O) groups is 1. The van der Waals surface area contributed by atoms with Gasteiger partial charge in [-0.15, -0.1) is 0 Å². The van der Waals surface area contributed by atoms with Crippen molar-refractivity contribution >= 4 is 12.0 Å². The lowest BCUT2D eigenvalue weighted by molar-refractivity contribution is 0.0681. The van der Waals surface area contributed by atoms with E-state index in [2.05, 4.69) is 25.9 Å². The lowest BCUT2D eigenvalue weighted by atomic mass is 9.96. The van der Waals surface area contributed by atoms with Crippen LogP contribution in [0, 0.1) is 0 Å². The summed E-state index contributed by atoms with van der Waals surface area (Å²) in [6.45, 7) is 0.883. The molecular formula is C24H31N5O4. The van der Waals surface area contributed by atoms with Crippen molar-refractivity contribution in [3.63, 3.8) is 0 Å². The third-order valence-electron chi connectivity index (χ3n) is 6.66. The number of amides is 2. The largest absolute Gasteiger partial charge is 0.496 e. The Kier molecular flexibility index (Phi) is 6.59. The van der Waals surface area contributed by atoms with Crippen LogP contribution in [0.25, 0.3) is 11.3 Å². The summed E-state index contributed by atoms with van der Waals surface area (Å²) in [6, 6.07) is 9.46. The van der Waals surface area contributed by atoms with Gasteiger partial charge in [0, 0.05) is 17.8 Å². The molecule has 0 spiro atoms. The van der Waals surface area contributed by atoms with Crippen molar-refractivity contribution in [3.8, 4) is 17.0 Å². The minimum Gasteiger partial charge on any atom is -0.496 e. The molecule has 2 aliphatic heterocycles. The van der Waals surface area contributed by atoms with Crippen molar-refractivity contribution in [2.24, 2.45) is 0 Å². The zero-order valence-corrected chi connectivity index (χ0v) is 18.8. The summed E-state index contributed by atoms with van der Waals surface area (Å²) in [7, 11) is 1.65. The van der Waals surface area contributed by atoms with E-state index in [4.69, 9.17) is 14.2 Å². The number of nitrogens with one attached hydrogen (secondary N) is 3. The predicted octanol–water partition coefficient (Wildman–Crippen LogP) is 2.73. The van der Waals surface area contributed by atoms with Gasteiger partial charge in [-0.05, 0) is 31.0 Å². The topological polar surface area (TPSA) is 107 Å². The first kappa shape index (κ1) is 21.9. The molecule has 0 radical (unpaired) electrons. The number of para-hydroxylation sites is 1. The molecule has 1 aromatic carbocycles. The van der Waals surface area contributed by atoms with Gasteiger partial charge in [-0.1, -0.05) is 31.4 Å². The molecule has 2 amide bonds. The molecule has 2 saturated heterocycles. The molecule has 1 aromatic heterocycles. The molecule has 3 N–H and O–H groups in total. The number of aromatic nitrogens is 2. The van der Waals surface area contributed by atoms with Crippen molar-refractivity contribution in [1.82, 2.24) is 20.6 Å². The van der Waals surface area contributed by atoms with Crippen LogP contribution in [0.2, 0.25) is 0 Å². The Morgan fingerprint density at radius 2 is 1.76 bits per heavy atom. The normalized spacial score (nSPS) is 27.1. The number of hydrogen-bond donors (Lipinski definition) is 3. The minimum absolute atomic E-state index is 0.101. The van der Waals surface area contributed by atoms with Crippen LogP contribution in [-0.4, -0.2) is 66.7 Å². The summed E-state index contributed by atoms with van der Waals surface area (Å²) in [5.74, 6) is 1.26. The van der Waals surface area contributed by atoms with Crippen LogP contribution in [-0.2, 0) is 9.47 Å². The highest BCUT2D eigenvalue weighted by Crippen LogP contribution is 2.31. The Morgan fingerprint density at radius 3 is 2.58 bits per heavy atom. The van der Waals surface area contributed by atoms with Crippen LogP contribution < -0.4 is 20.7 Å². The third-order valence-corrected chi connectivity index (χ3v) is 6.66. The van der Waals surface area contributed by atoms with Crippen molar-refractivity contribution in [2.45, 2.75) is 62.4 Å². The van der Waals surface area contributed by atoms with Crippen LogP contribution in [0.5, 0.6) is 5.75 Å². The smallest absolute Gasteiger partial charge is 0.315 e. The monoisotopic (exact) mass is 453 g/mol. The first-order valence-corrected chi connectivity index (χ1v) is 11.7. The molecule has 5 rings (SSSR count). The Bertz CT molecular complexity index is 967. The quantitative estimate of drug-likeness (QED) is 0.617. The number of ether oxygens (including phenoxy) is 3. The summed E-state index contributed by atoms with van der Waals surface area (Å²) in [5, 5.41) is 9.51. The number of hydrogen-bond acceptors (Lipinski definition) is 7. The summed E-state index contributed by atoms with van der Waals surface area (Å²) in [6.07, 6.45) is 7.07. The van der Waals surface area contributed by atoms with E-state index in [0.717, 1.165) is 29.8 Å². The maximum absolute atomic E-state index is 12.5. The number of anilines is 1. The summed E-state index contributed by atoms with van der Waals surface area (Å²) < 4.78 is 17.5. The van der Waals surface area contributed by atoms with Gasteiger partial charge >= 0.3 is 6.03 Å². The van der Waals surface area contributed by atoms with Crippen molar-refractivity contribution in [3.05, 3.63) is 36.5 Å².